The van der Waals surface area contributed by atoms with Gasteiger partial charge in [0.25, 0.3) is 0 Å². The minimum absolute atomic E-state index is 0.173. The molecule has 3 heterocycles. The molecular formula is C21H21N5O5S. The number of piperidine rings is 1. The minimum atomic E-state index is -3.80. The number of carbonyl (C=O) groups is 2. The highest BCUT2D eigenvalue weighted by atomic mass is 32.2. The SMILES string of the molecule is O=C1CCCC(=O)N1CCS(=O)(=O)Nc1ccccc1Cc1nc(-c2ccncc2)no1. The van der Waals surface area contributed by atoms with Crippen LogP contribution in [0.2, 0.25) is 0 Å². The molecule has 10 nitrogen and oxygen atoms in total. The van der Waals surface area contributed by atoms with E-state index in [9.17, 15) is 18.0 Å². The summed E-state index contributed by atoms with van der Waals surface area (Å²) in [7, 11) is -3.80. The fourth-order valence-electron chi connectivity index (χ4n) is 3.36. The lowest BCUT2D eigenvalue weighted by Crippen LogP contribution is -2.43. The molecule has 0 spiro atoms. The number of rotatable bonds is 8. The summed E-state index contributed by atoms with van der Waals surface area (Å²) in [5, 5.41) is 3.96. The van der Waals surface area contributed by atoms with Crippen molar-refractivity contribution < 1.29 is 22.5 Å². The van der Waals surface area contributed by atoms with Crippen molar-refractivity contribution in [2.75, 3.05) is 17.0 Å². The maximum Gasteiger partial charge on any atom is 0.234 e. The normalized spacial score (nSPS) is 14.6. The first kappa shape index (κ1) is 21.6. The molecule has 0 unspecified atom stereocenters. The van der Waals surface area contributed by atoms with Gasteiger partial charge in [0.1, 0.15) is 0 Å². The molecule has 1 aliphatic heterocycles. The summed E-state index contributed by atoms with van der Waals surface area (Å²) < 4.78 is 33.1. The lowest BCUT2D eigenvalue weighted by Gasteiger charge is -2.24. The van der Waals surface area contributed by atoms with Gasteiger partial charge in [0, 0.05) is 37.3 Å². The van der Waals surface area contributed by atoms with Crippen molar-refractivity contribution in [3.05, 3.63) is 60.2 Å². The first-order valence-electron chi connectivity index (χ1n) is 10.1. The summed E-state index contributed by atoms with van der Waals surface area (Å²) in [6.07, 6.45) is 4.49. The summed E-state index contributed by atoms with van der Waals surface area (Å²) in [6.45, 7) is -0.173. The quantitative estimate of drug-likeness (QED) is 0.510. The van der Waals surface area contributed by atoms with Crippen LogP contribution >= 0.6 is 0 Å². The standard InChI is InChI=1S/C21H21N5O5S/c27-19-6-3-7-20(28)26(19)12-13-32(29,30)25-17-5-2-1-4-16(17)14-18-23-21(24-31-18)15-8-10-22-11-9-15/h1-2,4-5,8-11,25H,3,6-7,12-14H2. The van der Waals surface area contributed by atoms with Gasteiger partial charge >= 0.3 is 0 Å². The molecular weight excluding hydrogens is 434 g/mol. The van der Waals surface area contributed by atoms with Crippen LogP contribution < -0.4 is 4.72 Å². The average Bonchev–Trinajstić information content (AvgIpc) is 3.24. The fraction of sp³-hybridized carbons (Fsp3) is 0.286. The third kappa shape index (κ3) is 5.17. The zero-order valence-corrected chi connectivity index (χ0v) is 17.9. The van der Waals surface area contributed by atoms with E-state index < -0.39 is 10.0 Å². The van der Waals surface area contributed by atoms with Crippen molar-refractivity contribution in [1.82, 2.24) is 20.0 Å². The van der Waals surface area contributed by atoms with Gasteiger partial charge in [-0.25, -0.2) is 8.42 Å². The number of imide groups is 1. The Morgan fingerprint density at radius 3 is 2.50 bits per heavy atom. The predicted octanol–water partition coefficient (Wildman–Crippen LogP) is 2.00. The molecule has 1 saturated heterocycles. The van der Waals surface area contributed by atoms with E-state index in [1.165, 1.54) is 0 Å². The van der Waals surface area contributed by atoms with Gasteiger partial charge in [-0.15, -0.1) is 0 Å². The lowest BCUT2D eigenvalue weighted by atomic mass is 10.1. The number of para-hydroxylation sites is 1. The summed E-state index contributed by atoms with van der Waals surface area (Å²) in [5.41, 5.74) is 1.77. The lowest BCUT2D eigenvalue weighted by molar-refractivity contribution is -0.147. The Kier molecular flexibility index (Phi) is 6.26. The maximum absolute atomic E-state index is 12.6. The number of sulfonamides is 1. The van der Waals surface area contributed by atoms with E-state index in [1.54, 1.807) is 48.8 Å². The third-order valence-electron chi connectivity index (χ3n) is 5.00. The predicted molar refractivity (Wildman–Crippen MR) is 115 cm³/mol. The van der Waals surface area contributed by atoms with Crippen molar-refractivity contribution in [2.24, 2.45) is 0 Å². The van der Waals surface area contributed by atoms with E-state index >= 15 is 0 Å². The number of benzene rings is 1. The van der Waals surface area contributed by atoms with Crippen molar-refractivity contribution in [3.63, 3.8) is 0 Å². The van der Waals surface area contributed by atoms with Crippen LogP contribution in [-0.2, 0) is 26.0 Å². The van der Waals surface area contributed by atoms with Crippen molar-refractivity contribution in [1.29, 1.82) is 0 Å². The molecule has 2 aromatic heterocycles. The number of amides is 2. The van der Waals surface area contributed by atoms with Gasteiger partial charge in [-0.1, -0.05) is 23.4 Å². The molecule has 4 rings (SSSR count). The zero-order chi connectivity index (χ0) is 22.6. The summed E-state index contributed by atoms with van der Waals surface area (Å²) >= 11 is 0. The molecule has 0 bridgehead atoms. The number of carbonyl (C=O) groups excluding carboxylic acids is 2. The second kappa shape index (κ2) is 9.27. The Balaban J connectivity index is 1.45. The molecule has 1 fully saturated rings. The topological polar surface area (TPSA) is 135 Å². The van der Waals surface area contributed by atoms with Crippen LogP contribution in [0, 0.1) is 0 Å². The monoisotopic (exact) mass is 455 g/mol. The smallest absolute Gasteiger partial charge is 0.234 e. The third-order valence-corrected chi connectivity index (χ3v) is 6.25. The van der Waals surface area contributed by atoms with Crippen LogP contribution in [-0.4, -0.2) is 52.6 Å². The molecule has 0 radical (unpaired) electrons. The number of likely N-dealkylation sites (tertiary alicyclic amines) is 1. The molecule has 0 saturated carbocycles. The molecule has 32 heavy (non-hydrogen) atoms. The van der Waals surface area contributed by atoms with Crippen LogP contribution in [0.5, 0.6) is 0 Å². The summed E-state index contributed by atoms with van der Waals surface area (Å²) in [4.78, 5) is 33.1. The highest BCUT2D eigenvalue weighted by Gasteiger charge is 2.27. The van der Waals surface area contributed by atoms with Gasteiger partial charge < -0.3 is 4.52 Å². The zero-order valence-electron chi connectivity index (χ0n) is 17.1. The van der Waals surface area contributed by atoms with Gasteiger partial charge in [-0.05, 0) is 30.2 Å². The van der Waals surface area contributed by atoms with E-state index in [2.05, 4.69) is 19.8 Å². The number of hydrogen-bond acceptors (Lipinski definition) is 8. The van der Waals surface area contributed by atoms with Gasteiger partial charge in [-0.3, -0.25) is 24.2 Å². The molecule has 166 valence electrons. The van der Waals surface area contributed by atoms with E-state index in [0.717, 1.165) is 10.5 Å². The van der Waals surface area contributed by atoms with Gasteiger partial charge in [0.15, 0.2) is 0 Å². The first-order valence-corrected chi connectivity index (χ1v) is 11.7. The largest absolute Gasteiger partial charge is 0.339 e. The Labute approximate surface area is 184 Å². The van der Waals surface area contributed by atoms with E-state index in [4.69, 9.17) is 4.52 Å². The number of nitrogens with zero attached hydrogens (tertiary/aromatic N) is 4. The Hall–Kier alpha value is -3.60. The van der Waals surface area contributed by atoms with Crippen molar-refractivity contribution >= 4 is 27.5 Å². The second-order valence-corrected chi connectivity index (χ2v) is 9.14. The first-order chi connectivity index (χ1) is 15.4. The van der Waals surface area contributed by atoms with Crippen LogP contribution in [0.1, 0.15) is 30.7 Å². The minimum Gasteiger partial charge on any atom is -0.339 e. The van der Waals surface area contributed by atoms with E-state index in [-0.39, 0.29) is 43.4 Å². The van der Waals surface area contributed by atoms with Crippen molar-refractivity contribution in [2.45, 2.75) is 25.7 Å². The number of nitrogens with one attached hydrogen (secondary N) is 1. The Morgan fingerprint density at radius 1 is 1.03 bits per heavy atom. The molecule has 0 atom stereocenters. The Bertz CT molecular complexity index is 1210. The van der Waals surface area contributed by atoms with Gasteiger partial charge in [0.2, 0.25) is 33.6 Å². The van der Waals surface area contributed by atoms with Gasteiger partial charge in [-0.2, -0.15) is 4.98 Å². The molecule has 1 aliphatic rings. The second-order valence-electron chi connectivity index (χ2n) is 7.30. The van der Waals surface area contributed by atoms with Gasteiger partial charge in [0.05, 0.1) is 17.9 Å². The summed E-state index contributed by atoms with van der Waals surface area (Å²) in [6, 6.07) is 10.4. The number of aromatic nitrogens is 3. The highest BCUT2D eigenvalue weighted by molar-refractivity contribution is 7.92. The molecule has 2 amide bonds. The van der Waals surface area contributed by atoms with Crippen LogP contribution in [0.25, 0.3) is 11.4 Å². The average molecular weight is 455 g/mol. The molecule has 1 aromatic carbocycles. The molecule has 0 aliphatic carbocycles. The summed E-state index contributed by atoms with van der Waals surface area (Å²) in [5.74, 6) is -0.313. The van der Waals surface area contributed by atoms with E-state index in [1.807, 2.05) is 0 Å². The molecule has 3 aromatic rings. The fourth-order valence-corrected chi connectivity index (χ4v) is 4.42. The number of hydrogen-bond donors (Lipinski definition) is 1. The molecule has 11 heteroatoms. The van der Waals surface area contributed by atoms with Crippen LogP contribution in [0.4, 0.5) is 5.69 Å². The van der Waals surface area contributed by atoms with Crippen molar-refractivity contribution in [3.8, 4) is 11.4 Å². The Morgan fingerprint density at radius 2 is 1.75 bits per heavy atom. The number of anilines is 1. The highest BCUT2D eigenvalue weighted by Crippen LogP contribution is 2.22. The van der Waals surface area contributed by atoms with Crippen LogP contribution in [0.3, 0.4) is 0 Å². The number of pyridine rings is 1. The molecule has 1 N–H and O–H groups in total. The van der Waals surface area contributed by atoms with Crippen LogP contribution in [0.15, 0.2) is 53.3 Å². The van der Waals surface area contributed by atoms with E-state index in [0.29, 0.717) is 29.4 Å². The maximum atomic E-state index is 12.6.